The summed E-state index contributed by atoms with van der Waals surface area (Å²) in [5.41, 5.74) is -0.427. The molecule has 0 radical (unpaired) electrons. The second-order valence-corrected chi connectivity index (χ2v) is 8.57. The van der Waals surface area contributed by atoms with E-state index < -0.39 is 5.60 Å². The molecule has 0 saturated carbocycles. The lowest BCUT2D eigenvalue weighted by Gasteiger charge is -2.34. The number of piperidine rings is 1. The first-order valence-electron chi connectivity index (χ1n) is 9.12. The number of ether oxygens (including phenoxy) is 1. The van der Waals surface area contributed by atoms with Gasteiger partial charge in [-0.25, -0.2) is 4.79 Å². The molecule has 0 aliphatic carbocycles. The topological polar surface area (TPSA) is 54.7 Å². The van der Waals surface area contributed by atoms with Crippen molar-refractivity contribution >= 4 is 17.9 Å². The fourth-order valence-corrected chi connectivity index (χ4v) is 3.49. The molecule has 1 amide bonds. The van der Waals surface area contributed by atoms with Crippen LogP contribution in [-0.4, -0.2) is 42.5 Å². The fraction of sp³-hybridized carbons (Fsp3) is 0.737. The number of carbonyl (C=O) groups is 1. The summed E-state index contributed by atoms with van der Waals surface area (Å²) in [5, 5.41) is 3.45. The quantitative estimate of drug-likeness (QED) is 0.729. The molecule has 1 aromatic rings. The zero-order valence-electron chi connectivity index (χ0n) is 16.0. The van der Waals surface area contributed by atoms with E-state index in [2.05, 4.69) is 11.6 Å². The maximum absolute atomic E-state index is 12.2. The monoisotopic (exact) mass is 368 g/mol. The molecule has 1 aliphatic heterocycles. The zero-order chi connectivity index (χ0) is 18.3. The Hall–Kier alpha value is -1.14. The molecule has 1 atom stereocenters. The van der Waals surface area contributed by atoms with Crippen LogP contribution < -0.4 is 5.32 Å². The Kier molecular flexibility index (Phi) is 7.69. The smallest absolute Gasteiger partial charge is 0.410 e. The summed E-state index contributed by atoms with van der Waals surface area (Å²) in [4.78, 5) is 14.1. The predicted molar refractivity (Wildman–Crippen MR) is 103 cm³/mol. The number of furan rings is 1. The first-order valence-corrected chi connectivity index (χ1v) is 10.5. The van der Waals surface area contributed by atoms with Crippen LogP contribution in [0.25, 0.3) is 0 Å². The number of nitrogens with one attached hydrogen (secondary N) is 1. The van der Waals surface area contributed by atoms with Gasteiger partial charge in [-0.15, -0.1) is 0 Å². The van der Waals surface area contributed by atoms with Gasteiger partial charge in [-0.05, 0) is 70.9 Å². The molecule has 1 fully saturated rings. The number of rotatable bonds is 7. The molecule has 1 unspecified atom stereocenters. The van der Waals surface area contributed by atoms with Gasteiger partial charge in [0.25, 0.3) is 0 Å². The summed E-state index contributed by atoms with van der Waals surface area (Å²) in [6, 6.07) is 4.09. The molecule has 1 aromatic heterocycles. The summed E-state index contributed by atoms with van der Waals surface area (Å²) >= 11 is 1.76. The van der Waals surface area contributed by atoms with Crippen LogP contribution in [0.1, 0.15) is 51.6 Å². The largest absolute Gasteiger partial charge is 0.464 e. The Labute approximate surface area is 155 Å². The Morgan fingerprint density at radius 2 is 2.16 bits per heavy atom. The summed E-state index contributed by atoms with van der Waals surface area (Å²) in [7, 11) is 0. The van der Waals surface area contributed by atoms with Crippen LogP contribution in [0.5, 0.6) is 0 Å². The van der Waals surface area contributed by atoms with Crippen molar-refractivity contribution in [1.29, 1.82) is 0 Å². The Morgan fingerprint density at radius 3 is 2.88 bits per heavy atom. The molecule has 1 aliphatic rings. The Bertz CT molecular complexity index is 539. The first kappa shape index (κ1) is 20.2. The van der Waals surface area contributed by atoms with E-state index in [1.54, 1.807) is 11.8 Å². The summed E-state index contributed by atoms with van der Waals surface area (Å²) in [6.45, 7) is 9.04. The Morgan fingerprint density at radius 1 is 1.40 bits per heavy atom. The average Bonchev–Trinajstić information content (AvgIpc) is 2.98. The Balaban J connectivity index is 1.67. The van der Waals surface area contributed by atoms with Gasteiger partial charge in [0.2, 0.25) is 0 Å². The van der Waals surface area contributed by atoms with Gasteiger partial charge in [-0.2, -0.15) is 11.8 Å². The van der Waals surface area contributed by atoms with Gasteiger partial charge in [-0.1, -0.05) is 0 Å². The summed E-state index contributed by atoms with van der Waals surface area (Å²) < 4.78 is 11.2. The third-order valence-corrected chi connectivity index (χ3v) is 4.78. The second kappa shape index (κ2) is 9.53. The van der Waals surface area contributed by atoms with E-state index in [1.807, 2.05) is 37.8 Å². The van der Waals surface area contributed by atoms with Gasteiger partial charge in [0.1, 0.15) is 17.1 Å². The number of likely N-dealkylation sites (tertiary alicyclic amines) is 1. The predicted octanol–water partition coefficient (Wildman–Crippen LogP) is 4.27. The van der Waals surface area contributed by atoms with Crippen molar-refractivity contribution in [2.45, 2.75) is 57.9 Å². The number of nitrogens with zero attached hydrogens (tertiary/aromatic N) is 1. The average molecular weight is 369 g/mol. The maximum Gasteiger partial charge on any atom is 0.410 e. The van der Waals surface area contributed by atoms with E-state index in [9.17, 15) is 4.79 Å². The molecule has 25 heavy (non-hydrogen) atoms. The van der Waals surface area contributed by atoms with Gasteiger partial charge < -0.3 is 19.4 Å². The minimum absolute atomic E-state index is 0.179. The fourth-order valence-electron chi connectivity index (χ4n) is 3.05. The zero-order valence-corrected chi connectivity index (χ0v) is 16.8. The molecule has 2 heterocycles. The van der Waals surface area contributed by atoms with Gasteiger partial charge in [0, 0.05) is 13.1 Å². The highest BCUT2D eigenvalue weighted by atomic mass is 32.2. The maximum atomic E-state index is 12.2. The van der Waals surface area contributed by atoms with Crippen molar-refractivity contribution in [2.75, 3.05) is 25.9 Å². The van der Waals surface area contributed by atoms with Crippen LogP contribution >= 0.6 is 11.8 Å². The summed E-state index contributed by atoms with van der Waals surface area (Å²) in [5.74, 6) is 3.48. The lowest BCUT2D eigenvalue weighted by Crippen LogP contribution is -2.43. The standard InChI is InChI=1S/C19H32N2O3S/c1-19(2,3)24-18(22)21-11-5-6-15(13-21)9-10-20-12-16-7-8-17(23-16)14-25-4/h7-8,15,20H,5-6,9-14H2,1-4H3. The molecule has 0 bridgehead atoms. The first-order chi connectivity index (χ1) is 11.9. The lowest BCUT2D eigenvalue weighted by molar-refractivity contribution is 0.0162. The molecule has 6 heteroatoms. The summed E-state index contributed by atoms with van der Waals surface area (Å²) in [6.07, 6.45) is 5.20. The van der Waals surface area contributed by atoms with E-state index in [-0.39, 0.29) is 6.09 Å². The van der Waals surface area contributed by atoms with E-state index in [0.29, 0.717) is 5.92 Å². The van der Waals surface area contributed by atoms with E-state index >= 15 is 0 Å². The molecule has 1 saturated heterocycles. The van der Waals surface area contributed by atoms with Crippen LogP contribution in [0.4, 0.5) is 4.79 Å². The lowest BCUT2D eigenvalue weighted by atomic mass is 9.95. The highest BCUT2D eigenvalue weighted by molar-refractivity contribution is 7.97. The van der Waals surface area contributed by atoms with Crippen LogP contribution in [0, 0.1) is 5.92 Å². The van der Waals surface area contributed by atoms with Gasteiger partial charge in [0.05, 0.1) is 12.3 Å². The normalized spacial score (nSPS) is 18.4. The SMILES string of the molecule is CSCc1ccc(CNCCC2CCCN(C(=O)OC(C)(C)C)C2)o1. The molecule has 142 valence electrons. The molecule has 2 rings (SSSR count). The van der Waals surface area contributed by atoms with Crippen molar-refractivity contribution in [3.63, 3.8) is 0 Å². The number of amides is 1. The minimum Gasteiger partial charge on any atom is -0.464 e. The minimum atomic E-state index is -0.427. The van der Waals surface area contributed by atoms with Gasteiger partial charge in [-0.3, -0.25) is 0 Å². The highest BCUT2D eigenvalue weighted by Gasteiger charge is 2.27. The molecular weight excluding hydrogens is 336 g/mol. The van der Waals surface area contributed by atoms with E-state index in [0.717, 1.165) is 56.3 Å². The third kappa shape index (κ3) is 7.32. The van der Waals surface area contributed by atoms with Gasteiger partial charge >= 0.3 is 6.09 Å². The highest BCUT2D eigenvalue weighted by Crippen LogP contribution is 2.21. The van der Waals surface area contributed by atoms with Crippen LogP contribution in [0.15, 0.2) is 16.5 Å². The second-order valence-electron chi connectivity index (χ2n) is 7.70. The molecule has 1 N–H and O–H groups in total. The number of hydrogen-bond donors (Lipinski definition) is 1. The number of carbonyl (C=O) groups excluding carboxylic acids is 1. The van der Waals surface area contributed by atoms with Crippen LogP contribution in [-0.2, 0) is 17.0 Å². The van der Waals surface area contributed by atoms with Crippen molar-refractivity contribution in [3.05, 3.63) is 23.7 Å². The number of thioether (sulfide) groups is 1. The van der Waals surface area contributed by atoms with Crippen molar-refractivity contribution in [3.8, 4) is 0 Å². The van der Waals surface area contributed by atoms with Crippen molar-refractivity contribution < 1.29 is 13.9 Å². The van der Waals surface area contributed by atoms with Crippen LogP contribution in [0.3, 0.4) is 0 Å². The third-order valence-electron chi connectivity index (χ3n) is 4.20. The van der Waals surface area contributed by atoms with Crippen LogP contribution in [0.2, 0.25) is 0 Å². The van der Waals surface area contributed by atoms with E-state index in [1.165, 1.54) is 6.42 Å². The van der Waals surface area contributed by atoms with E-state index in [4.69, 9.17) is 9.15 Å². The van der Waals surface area contributed by atoms with Gasteiger partial charge in [0.15, 0.2) is 0 Å². The molecular formula is C19H32N2O3S. The molecule has 5 nitrogen and oxygen atoms in total. The van der Waals surface area contributed by atoms with Crippen molar-refractivity contribution in [1.82, 2.24) is 10.2 Å². The van der Waals surface area contributed by atoms with Crippen molar-refractivity contribution in [2.24, 2.45) is 5.92 Å². The molecule has 0 aromatic carbocycles. The number of hydrogen-bond acceptors (Lipinski definition) is 5. The molecule has 0 spiro atoms.